The van der Waals surface area contributed by atoms with Crippen LogP contribution in [0.4, 0.5) is 10.1 Å². The van der Waals surface area contributed by atoms with Gasteiger partial charge in [0.2, 0.25) is 18.6 Å². The molecule has 25 heavy (non-hydrogen) atoms. The first-order chi connectivity index (χ1) is 12.1. The summed E-state index contributed by atoms with van der Waals surface area (Å²) in [5.74, 6) is 0.240. The average Bonchev–Trinajstić information content (AvgIpc) is 3.06. The van der Waals surface area contributed by atoms with Gasteiger partial charge in [0.1, 0.15) is 5.82 Å². The van der Waals surface area contributed by atoms with Crippen LogP contribution in [0.15, 0.2) is 42.5 Å². The quantitative estimate of drug-likeness (QED) is 0.843. The highest BCUT2D eigenvalue weighted by molar-refractivity contribution is 5.94. The minimum absolute atomic E-state index is 0.142. The van der Waals surface area contributed by atoms with Gasteiger partial charge in [-0.25, -0.2) is 4.39 Å². The van der Waals surface area contributed by atoms with Crippen LogP contribution in [0.3, 0.4) is 0 Å². The van der Waals surface area contributed by atoms with Gasteiger partial charge in [0.25, 0.3) is 0 Å². The standard InChI is InChI=1S/C18H17FN2O4/c19-13-3-1-2-12(8-13)4-7-17(22)20-10-18(23)21-14-5-6-15-16(9-14)25-11-24-15/h1-3,5-6,8-9H,4,7,10-11H2,(H,20,22)(H,21,23). The Kier molecular flexibility index (Phi) is 5.13. The molecule has 0 radical (unpaired) electrons. The number of rotatable bonds is 6. The normalized spacial score (nSPS) is 11.9. The monoisotopic (exact) mass is 344 g/mol. The molecule has 0 fully saturated rings. The van der Waals surface area contributed by atoms with Crippen molar-refractivity contribution < 1.29 is 23.5 Å². The molecule has 2 amide bonds. The third kappa shape index (κ3) is 4.69. The Morgan fingerprint density at radius 3 is 2.72 bits per heavy atom. The summed E-state index contributed by atoms with van der Waals surface area (Å²) in [6, 6.07) is 11.1. The van der Waals surface area contributed by atoms with Crippen LogP contribution in [-0.4, -0.2) is 25.2 Å². The van der Waals surface area contributed by atoms with Crippen LogP contribution in [0.5, 0.6) is 11.5 Å². The van der Waals surface area contributed by atoms with Crippen molar-refractivity contribution in [2.45, 2.75) is 12.8 Å². The lowest BCUT2D eigenvalue weighted by Gasteiger charge is -2.08. The van der Waals surface area contributed by atoms with Crippen molar-refractivity contribution in [3.8, 4) is 11.5 Å². The lowest BCUT2D eigenvalue weighted by Crippen LogP contribution is -2.32. The number of fused-ring (bicyclic) bond motifs is 1. The number of ether oxygens (including phenoxy) is 2. The number of hydrogen-bond acceptors (Lipinski definition) is 4. The summed E-state index contributed by atoms with van der Waals surface area (Å²) in [4.78, 5) is 23.7. The van der Waals surface area contributed by atoms with Gasteiger partial charge in [-0.3, -0.25) is 9.59 Å². The van der Waals surface area contributed by atoms with Gasteiger partial charge in [0, 0.05) is 18.2 Å². The number of amides is 2. The molecule has 0 bridgehead atoms. The number of nitrogens with one attached hydrogen (secondary N) is 2. The molecule has 6 nitrogen and oxygen atoms in total. The maximum Gasteiger partial charge on any atom is 0.243 e. The molecular weight excluding hydrogens is 327 g/mol. The lowest BCUT2D eigenvalue weighted by atomic mass is 10.1. The summed E-state index contributed by atoms with van der Waals surface area (Å²) in [5, 5.41) is 5.21. The minimum atomic E-state index is -0.349. The molecule has 1 aliphatic rings. The summed E-state index contributed by atoms with van der Waals surface area (Å²) < 4.78 is 23.5. The minimum Gasteiger partial charge on any atom is -0.454 e. The van der Waals surface area contributed by atoms with Crippen molar-refractivity contribution in [3.05, 3.63) is 53.8 Å². The van der Waals surface area contributed by atoms with E-state index >= 15 is 0 Å². The topological polar surface area (TPSA) is 76.7 Å². The first-order valence-corrected chi connectivity index (χ1v) is 7.81. The number of halogens is 1. The highest BCUT2D eigenvalue weighted by Gasteiger charge is 2.14. The van der Waals surface area contributed by atoms with Crippen LogP contribution in [-0.2, 0) is 16.0 Å². The molecule has 3 rings (SSSR count). The molecular formula is C18H17FN2O4. The molecule has 130 valence electrons. The zero-order valence-electron chi connectivity index (χ0n) is 13.4. The van der Waals surface area contributed by atoms with Gasteiger partial charge in [0.05, 0.1) is 6.54 Å². The number of carbonyl (C=O) groups excluding carboxylic acids is 2. The van der Waals surface area contributed by atoms with E-state index in [4.69, 9.17) is 9.47 Å². The van der Waals surface area contributed by atoms with Crippen LogP contribution >= 0.6 is 0 Å². The first-order valence-electron chi connectivity index (χ1n) is 7.81. The smallest absolute Gasteiger partial charge is 0.243 e. The number of benzene rings is 2. The fraction of sp³-hybridized carbons (Fsp3) is 0.222. The van der Waals surface area contributed by atoms with E-state index in [-0.39, 0.29) is 37.4 Å². The summed E-state index contributed by atoms with van der Waals surface area (Å²) in [6.45, 7) is 0.0184. The van der Waals surface area contributed by atoms with E-state index in [9.17, 15) is 14.0 Å². The van der Waals surface area contributed by atoms with Crippen LogP contribution in [0.2, 0.25) is 0 Å². The first kappa shape index (κ1) is 16.8. The second kappa shape index (κ2) is 7.65. The largest absolute Gasteiger partial charge is 0.454 e. The van der Waals surface area contributed by atoms with Crippen molar-refractivity contribution in [1.29, 1.82) is 0 Å². The third-order valence-corrected chi connectivity index (χ3v) is 3.63. The fourth-order valence-corrected chi connectivity index (χ4v) is 2.40. The van der Waals surface area contributed by atoms with Gasteiger partial charge in [-0.15, -0.1) is 0 Å². The predicted octanol–water partition coefficient (Wildman–Crippen LogP) is 2.24. The number of carbonyl (C=O) groups is 2. The SMILES string of the molecule is O=C(CCc1cccc(F)c1)NCC(=O)Nc1ccc2c(c1)OCO2. The Morgan fingerprint density at radius 1 is 1.04 bits per heavy atom. The van der Waals surface area contributed by atoms with Crippen LogP contribution in [0, 0.1) is 5.82 Å². The molecule has 2 N–H and O–H groups in total. The van der Waals surface area contributed by atoms with E-state index < -0.39 is 0 Å². The van der Waals surface area contributed by atoms with Gasteiger partial charge >= 0.3 is 0 Å². The molecule has 0 aliphatic carbocycles. The maximum atomic E-state index is 13.1. The Morgan fingerprint density at radius 2 is 1.88 bits per heavy atom. The molecule has 2 aromatic rings. The average molecular weight is 344 g/mol. The molecule has 1 aliphatic heterocycles. The fourth-order valence-electron chi connectivity index (χ4n) is 2.40. The predicted molar refractivity (Wildman–Crippen MR) is 88.9 cm³/mol. The summed E-state index contributed by atoms with van der Waals surface area (Å²) in [6.07, 6.45) is 0.591. The van der Waals surface area contributed by atoms with E-state index in [0.29, 0.717) is 23.6 Å². The zero-order valence-corrected chi connectivity index (χ0v) is 13.4. The van der Waals surface area contributed by atoms with Crippen molar-refractivity contribution in [1.82, 2.24) is 5.32 Å². The molecule has 0 atom stereocenters. The van der Waals surface area contributed by atoms with E-state index in [1.54, 1.807) is 30.3 Å². The Labute approximate surface area is 143 Å². The molecule has 1 heterocycles. The van der Waals surface area contributed by atoms with Gasteiger partial charge in [-0.2, -0.15) is 0 Å². The van der Waals surface area contributed by atoms with E-state index in [1.165, 1.54) is 12.1 Å². The van der Waals surface area contributed by atoms with Gasteiger partial charge in [-0.05, 0) is 36.2 Å². The molecule has 0 saturated carbocycles. The number of anilines is 1. The summed E-state index contributed by atoms with van der Waals surface area (Å²) in [7, 11) is 0. The van der Waals surface area contributed by atoms with Crippen molar-refractivity contribution in [2.75, 3.05) is 18.7 Å². The van der Waals surface area contributed by atoms with E-state index in [1.807, 2.05) is 0 Å². The van der Waals surface area contributed by atoms with E-state index in [2.05, 4.69) is 10.6 Å². The van der Waals surface area contributed by atoms with Gasteiger partial charge in [-0.1, -0.05) is 12.1 Å². The molecule has 2 aromatic carbocycles. The van der Waals surface area contributed by atoms with Crippen molar-refractivity contribution >= 4 is 17.5 Å². The second-order valence-corrected chi connectivity index (χ2v) is 5.52. The van der Waals surface area contributed by atoms with Crippen LogP contribution < -0.4 is 20.1 Å². The summed E-state index contributed by atoms with van der Waals surface area (Å²) in [5.41, 5.74) is 1.29. The molecule has 0 saturated heterocycles. The molecule has 0 unspecified atom stereocenters. The Balaban J connectivity index is 1.42. The van der Waals surface area contributed by atoms with Crippen LogP contribution in [0.1, 0.15) is 12.0 Å². The Hall–Kier alpha value is -3.09. The Bertz CT molecular complexity index is 794. The van der Waals surface area contributed by atoms with Gasteiger partial charge in [0.15, 0.2) is 11.5 Å². The second-order valence-electron chi connectivity index (χ2n) is 5.52. The molecule has 0 aromatic heterocycles. The number of hydrogen-bond donors (Lipinski definition) is 2. The van der Waals surface area contributed by atoms with Crippen LogP contribution in [0.25, 0.3) is 0 Å². The summed E-state index contributed by atoms with van der Waals surface area (Å²) >= 11 is 0. The highest BCUT2D eigenvalue weighted by atomic mass is 19.1. The number of aryl methyl sites for hydroxylation is 1. The lowest BCUT2D eigenvalue weighted by molar-refractivity contribution is -0.124. The highest BCUT2D eigenvalue weighted by Crippen LogP contribution is 2.34. The molecule has 7 heteroatoms. The maximum absolute atomic E-state index is 13.1. The van der Waals surface area contributed by atoms with Gasteiger partial charge < -0.3 is 20.1 Å². The molecule has 0 spiro atoms. The van der Waals surface area contributed by atoms with Crippen molar-refractivity contribution in [2.24, 2.45) is 0 Å². The van der Waals surface area contributed by atoms with E-state index in [0.717, 1.165) is 5.56 Å². The van der Waals surface area contributed by atoms with Crippen molar-refractivity contribution in [3.63, 3.8) is 0 Å². The third-order valence-electron chi connectivity index (χ3n) is 3.63. The zero-order chi connectivity index (χ0) is 17.6.